The summed E-state index contributed by atoms with van der Waals surface area (Å²) in [6.45, 7) is 3.72. The number of nitrogens with one attached hydrogen (secondary N) is 1. The van der Waals surface area contributed by atoms with E-state index in [0.717, 1.165) is 0 Å². The van der Waals surface area contributed by atoms with Crippen molar-refractivity contribution in [2.75, 3.05) is 5.73 Å². The van der Waals surface area contributed by atoms with Crippen molar-refractivity contribution in [2.24, 2.45) is 4.99 Å². The van der Waals surface area contributed by atoms with E-state index in [4.69, 9.17) is 5.73 Å². The van der Waals surface area contributed by atoms with Crippen LogP contribution in [-0.2, 0) is 0 Å². The molecule has 6 heteroatoms. The highest BCUT2D eigenvalue weighted by molar-refractivity contribution is 5.89. The molecule has 1 heterocycles. The van der Waals surface area contributed by atoms with Gasteiger partial charge >= 0.3 is 0 Å². The van der Waals surface area contributed by atoms with E-state index in [1.165, 1.54) is 18.5 Å². The van der Waals surface area contributed by atoms with Crippen LogP contribution in [0.2, 0.25) is 0 Å². The number of benzene rings is 1. The largest absolute Gasteiger partial charge is 0.393 e. The fourth-order valence-corrected chi connectivity index (χ4v) is 1.36. The number of fused-ring (bicyclic) bond motifs is 1. The highest BCUT2D eigenvalue weighted by Crippen LogP contribution is 2.34. The molecule has 6 nitrogen and oxygen atoms in total. The van der Waals surface area contributed by atoms with Gasteiger partial charge in [-0.3, -0.25) is 10.1 Å². The Bertz CT molecular complexity index is 493. The van der Waals surface area contributed by atoms with Crippen LogP contribution >= 0.6 is 0 Å². The van der Waals surface area contributed by atoms with Crippen LogP contribution in [0.25, 0.3) is 5.70 Å². The number of anilines is 1. The molecule has 0 atom stereocenters. The van der Waals surface area contributed by atoms with Crippen LogP contribution in [0.5, 0.6) is 0 Å². The summed E-state index contributed by atoms with van der Waals surface area (Å²) in [7, 11) is 0. The van der Waals surface area contributed by atoms with Crippen LogP contribution in [0.4, 0.5) is 17.1 Å². The zero-order valence-corrected chi connectivity index (χ0v) is 7.73. The molecule has 1 aromatic carbocycles. The first-order valence-electron chi connectivity index (χ1n) is 4.16. The summed E-state index contributed by atoms with van der Waals surface area (Å²) < 4.78 is 0. The van der Waals surface area contributed by atoms with Crippen molar-refractivity contribution in [1.82, 2.24) is 5.32 Å². The molecular formula is C9H8N4O2. The molecule has 2 rings (SSSR count). The summed E-state index contributed by atoms with van der Waals surface area (Å²) in [4.78, 5) is 14.1. The Hall–Kier alpha value is -2.37. The molecule has 3 N–H and O–H groups in total. The number of aliphatic imine (C=N–C) groups is 1. The quantitative estimate of drug-likeness (QED) is 0.411. The second kappa shape index (κ2) is 3.09. The highest BCUT2D eigenvalue weighted by Gasteiger charge is 2.18. The standard InChI is InChI=1S/C9H8N4O2/c1-5-6-2-9(13(14)15)7(10)3-8(6)12-4-11-5/h2-4H,1,10H2,(H,11,12). The molecule has 15 heavy (non-hydrogen) atoms. The van der Waals surface area contributed by atoms with E-state index in [1.807, 2.05) is 0 Å². The zero-order valence-electron chi connectivity index (χ0n) is 7.73. The van der Waals surface area contributed by atoms with Crippen LogP contribution in [0.1, 0.15) is 5.56 Å². The minimum absolute atomic E-state index is 0.102. The molecule has 76 valence electrons. The maximum absolute atomic E-state index is 10.7. The van der Waals surface area contributed by atoms with Gasteiger partial charge in [0.25, 0.3) is 5.69 Å². The first-order chi connectivity index (χ1) is 7.09. The van der Waals surface area contributed by atoms with Gasteiger partial charge in [0.15, 0.2) is 0 Å². The van der Waals surface area contributed by atoms with Crippen molar-refractivity contribution >= 4 is 29.1 Å². The summed E-state index contributed by atoms with van der Waals surface area (Å²) in [6, 6.07) is 2.84. The number of nitro benzene ring substituents is 1. The van der Waals surface area contributed by atoms with Crippen LogP contribution in [0, 0.1) is 10.1 Å². The van der Waals surface area contributed by atoms with E-state index in [1.54, 1.807) is 0 Å². The van der Waals surface area contributed by atoms with Gasteiger partial charge in [-0.1, -0.05) is 6.58 Å². The van der Waals surface area contributed by atoms with Crippen LogP contribution in [-0.4, -0.2) is 11.3 Å². The third-order valence-corrected chi connectivity index (χ3v) is 2.11. The lowest BCUT2D eigenvalue weighted by molar-refractivity contribution is -0.383. The molecule has 0 saturated carbocycles. The van der Waals surface area contributed by atoms with Crippen LogP contribution < -0.4 is 11.1 Å². The lowest BCUT2D eigenvalue weighted by Crippen LogP contribution is -2.12. The summed E-state index contributed by atoms with van der Waals surface area (Å²) in [5, 5.41) is 13.4. The monoisotopic (exact) mass is 204 g/mol. The highest BCUT2D eigenvalue weighted by atomic mass is 16.6. The Morgan fingerprint density at radius 3 is 2.93 bits per heavy atom. The second-order valence-electron chi connectivity index (χ2n) is 3.07. The van der Waals surface area contributed by atoms with E-state index in [0.29, 0.717) is 16.9 Å². The Balaban J connectivity index is 2.66. The minimum atomic E-state index is -0.527. The molecule has 0 radical (unpaired) electrons. The molecule has 0 amide bonds. The smallest absolute Gasteiger partial charge is 0.292 e. The molecule has 0 unspecified atom stereocenters. The van der Waals surface area contributed by atoms with Gasteiger partial charge in [-0.25, -0.2) is 4.99 Å². The van der Waals surface area contributed by atoms with Gasteiger partial charge in [-0.15, -0.1) is 0 Å². The van der Waals surface area contributed by atoms with Gasteiger partial charge in [0.2, 0.25) is 0 Å². The number of rotatable bonds is 1. The van der Waals surface area contributed by atoms with Gasteiger partial charge in [0, 0.05) is 17.3 Å². The van der Waals surface area contributed by atoms with E-state index in [9.17, 15) is 10.1 Å². The first kappa shape index (κ1) is 9.20. The Morgan fingerprint density at radius 1 is 1.53 bits per heavy atom. The second-order valence-corrected chi connectivity index (χ2v) is 3.07. The van der Waals surface area contributed by atoms with Gasteiger partial charge in [-0.05, 0) is 6.07 Å². The number of hydrogen-bond donors (Lipinski definition) is 2. The summed E-state index contributed by atoms with van der Waals surface area (Å²) >= 11 is 0. The van der Waals surface area contributed by atoms with Crippen molar-refractivity contribution in [2.45, 2.75) is 0 Å². The van der Waals surface area contributed by atoms with E-state index >= 15 is 0 Å². The topological polar surface area (TPSA) is 93.5 Å². The number of hydrogen-bond acceptors (Lipinski definition) is 5. The van der Waals surface area contributed by atoms with E-state index < -0.39 is 4.92 Å². The maximum Gasteiger partial charge on any atom is 0.292 e. The molecule has 0 saturated heterocycles. The summed E-state index contributed by atoms with van der Waals surface area (Å²) in [5.74, 6) is 0. The van der Waals surface area contributed by atoms with Gasteiger partial charge in [-0.2, -0.15) is 0 Å². The van der Waals surface area contributed by atoms with Gasteiger partial charge in [0.1, 0.15) is 5.69 Å². The maximum atomic E-state index is 10.7. The number of nitrogens with zero attached hydrogens (tertiary/aromatic N) is 2. The van der Waals surface area contributed by atoms with Crippen LogP contribution in [0.15, 0.2) is 23.7 Å². The zero-order chi connectivity index (χ0) is 11.0. The number of nitrogens with two attached hydrogens (primary N) is 1. The molecule has 0 aliphatic carbocycles. The van der Waals surface area contributed by atoms with Gasteiger partial charge in [0.05, 0.1) is 16.9 Å². The predicted molar refractivity (Wildman–Crippen MR) is 57.8 cm³/mol. The Morgan fingerprint density at radius 2 is 2.27 bits per heavy atom. The number of nitro groups is 1. The van der Waals surface area contributed by atoms with Crippen molar-refractivity contribution in [3.63, 3.8) is 0 Å². The molecular weight excluding hydrogens is 196 g/mol. The fraction of sp³-hybridized carbons (Fsp3) is 0. The van der Waals surface area contributed by atoms with Gasteiger partial charge < -0.3 is 11.1 Å². The Labute approximate surface area is 85.3 Å². The Kier molecular flexibility index (Phi) is 1.89. The average Bonchev–Trinajstić information content (AvgIpc) is 2.16. The summed E-state index contributed by atoms with van der Waals surface area (Å²) in [6.07, 6.45) is 1.47. The molecule has 0 spiro atoms. The van der Waals surface area contributed by atoms with E-state index in [2.05, 4.69) is 16.9 Å². The predicted octanol–water partition coefficient (Wildman–Crippen LogP) is 1.41. The lowest BCUT2D eigenvalue weighted by atomic mass is 10.1. The average molecular weight is 204 g/mol. The van der Waals surface area contributed by atoms with Crippen LogP contribution in [0.3, 0.4) is 0 Å². The molecule has 0 fully saturated rings. The lowest BCUT2D eigenvalue weighted by Gasteiger charge is -2.13. The van der Waals surface area contributed by atoms with Crippen molar-refractivity contribution < 1.29 is 4.92 Å². The third-order valence-electron chi connectivity index (χ3n) is 2.11. The molecule has 1 aromatic rings. The molecule has 0 aromatic heterocycles. The third kappa shape index (κ3) is 1.41. The normalized spacial score (nSPS) is 13.2. The van der Waals surface area contributed by atoms with Crippen molar-refractivity contribution in [3.05, 3.63) is 34.4 Å². The first-order valence-corrected chi connectivity index (χ1v) is 4.16. The van der Waals surface area contributed by atoms with Crippen molar-refractivity contribution in [3.8, 4) is 0 Å². The van der Waals surface area contributed by atoms with Crippen molar-refractivity contribution in [1.29, 1.82) is 0 Å². The molecule has 1 aliphatic heterocycles. The minimum Gasteiger partial charge on any atom is -0.393 e. The number of nitrogen functional groups attached to an aromatic ring is 1. The summed E-state index contributed by atoms with van der Waals surface area (Å²) in [5.41, 5.74) is 7.25. The fourth-order valence-electron chi connectivity index (χ4n) is 1.36. The molecule has 0 bridgehead atoms. The van der Waals surface area contributed by atoms with E-state index in [-0.39, 0.29) is 11.4 Å². The SMILES string of the molecule is C=C1NC=Nc2cc(N)c([N+](=O)[O-])cc21. The molecule has 1 aliphatic rings.